The SMILES string of the molecule is CC(=O)Nc1ccc(SC(C)C(=O)N(C)C2CC3CCC(C2)N3)cc1. The van der Waals surface area contributed by atoms with Crippen LogP contribution in [0.3, 0.4) is 0 Å². The molecule has 3 atom stereocenters. The topological polar surface area (TPSA) is 61.4 Å². The van der Waals surface area contributed by atoms with Crippen molar-refractivity contribution in [1.82, 2.24) is 10.2 Å². The third-order valence-electron chi connectivity index (χ3n) is 5.18. The molecule has 2 aliphatic heterocycles. The summed E-state index contributed by atoms with van der Waals surface area (Å²) in [5.74, 6) is 0.115. The van der Waals surface area contributed by atoms with Crippen LogP contribution in [-0.2, 0) is 9.59 Å². The molecule has 3 unspecified atom stereocenters. The highest BCUT2D eigenvalue weighted by atomic mass is 32.2. The number of amides is 2. The fourth-order valence-electron chi connectivity index (χ4n) is 3.88. The Balaban J connectivity index is 1.55. The van der Waals surface area contributed by atoms with Crippen LogP contribution < -0.4 is 10.6 Å². The first kappa shape index (κ1) is 18.3. The molecular weight excluding hydrogens is 334 g/mol. The molecule has 2 amide bonds. The predicted octanol–water partition coefficient (Wildman–Crippen LogP) is 2.87. The number of thioether (sulfide) groups is 1. The Kier molecular flexibility index (Phi) is 5.69. The largest absolute Gasteiger partial charge is 0.342 e. The molecule has 1 aromatic rings. The lowest BCUT2D eigenvalue weighted by Crippen LogP contribution is -2.50. The van der Waals surface area contributed by atoms with Crippen molar-refractivity contribution in [3.63, 3.8) is 0 Å². The van der Waals surface area contributed by atoms with Crippen molar-refractivity contribution < 1.29 is 9.59 Å². The molecule has 2 aliphatic rings. The maximum Gasteiger partial charge on any atom is 0.235 e. The molecule has 5 nitrogen and oxygen atoms in total. The van der Waals surface area contributed by atoms with E-state index in [0.717, 1.165) is 23.4 Å². The van der Waals surface area contributed by atoms with Crippen LogP contribution in [0.4, 0.5) is 5.69 Å². The highest BCUT2D eigenvalue weighted by molar-refractivity contribution is 8.00. The predicted molar refractivity (Wildman–Crippen MR) is 102 cm³/mol. The number of nitrogens with one attached hydrogen (secondary N) is 2. The van der Waals surface area contributed by atoms with Gasteiger partial charge in [-0.25, -0.2) is 0 Å². The zero-order chi connectivity index (χ0) is 18.0. The van der Waals surface area contributed by atoms with Crippen molar-refractivity contribution in [3.05, 3.63) is 24.3 Å². The van der Waals surface area contributed by atoms with E-state index in [4.69, 9.17) is 0 Å². The summed E-state index contributed by atoms with van der Waals surface area (Å²) >= 11 is 1.57. The van der Waals surface area contributed by atoms with Crippen LogP contribution in [0.1, 0.15) is 39.5 Å². The Morgan fingerprint density at radius 2 is 1.80 bits per heavy atom. The van der Waals surface area contributed by atoms with Gasteiger partial charge in [0.25, 0.3) is 0 Å². The third-order valence-corrected chi connectivity index (χ3v) is 6.28. The van der Waals surface area contributed by atoms with Gasteiger partial charge in [0, 0.05) is 42.7 Å². The highest BCUT2D eigenvalue weighted by Crippen LogP contribution is 2.31. The molecule has 0 radical (unpaired) electrons. The van der Waals surface area contributed by atoms with E-state index in [2.05, 4.69) is 10.6 Å². The summed E-state index contributed by atoms with van der Waals surface area (Å²) in [5, 5.41) is 6.26. The zero-order valence-corrected chi connectivity index (χ0v) is 15.9. The minimum Gasteiger partial charge on any atom is -0.342 e. The first-order chi connectivity index (χ1) is 11.9. The Morgan fingerprint density at radius 1 is 1.20 bits per heavy atom. The number of nitrogens with zero attached hydrogens (tertiary/aromatic N) is 1. The first-order valence-electron chi connectivity index (χ1n) is 8.99. The standard InChI is InChI=1S/C19H27N3O2S/c1-12(25-18-8-6-14(7-9-18)20-13(2)23)19(24)22(3)17-10-15-4-5-16(11-17)21-15/h6-9,12,15-17,21H,4-5,10-11H2,1-3H3,(H,20,23). The lowest BCUT2D eigenvalue weighted by molar-refractivity contribution is -0.131. The van der Waals surface area contributed by atoms with E-state index in [1.54, 1.807) is 11.8 Å². The average Bonchev–Trinajstić information content (AvgIpc) is 2.92. The van der Waals surface area contributed by atoms with Gasteiger partial charge in [-0.3, -0.25) is 9.59 Å². The number of benzene rings is 1. The molecule has 3 rings (SSSR count). The minimum absolute atomic E-state index is 0.0819. The molecule has 1 aromatic carbocycles. The fraction of sp³-hybridized carbons (Fsp3) is 0.579. The second-order valence-corrected chi connectivity index (χ2v) is 8.59. The Hall–Kier alpha value is -1.53. The second kappa shape index (κ2) is 7.79. The summed E-state index contributed by atoms with van der Waals surface area (Å²) in [5.41, 5.74) is 0.776. The van der Waals surface area contributed by atoms with Crippen LogP contribution in [-0.4, -0.2) is 47.1 Å². The lowest BCUT2D eigenvalue weighted by atomic mass is 9.98. The second-order valence-electron chi connectivity index (χ2n) is 7.18. The van der Waals surface area contributed by atoms with Crippen molar-refractivity contribution in [2.24, 2.45) is 0 Å². The van der Waals surface area contributed by atoms with Crippen molar-refractivity contribution in [3.8, 4) is 0 Å². The molecule has 2 N–H and O–H groups in total. The fourth-order valence-corrected chi connectivity index (χ4v) is 4.85. The van der Waals surface area contributed by atoms with Gasteiger partial charge in [0.1, 0.15) is 0 Å². The normalized spacial score (nSPS) is 26.1. The lowest BCUT2D eigenvalue weighted by Gasteiger charge is -2.36. The van der Waals surface area contributed by atoms with Gasteiger partial charge in [0.2, 0.25) is 11.8 Å². The summed E-state index contributed by atoms with van der Waals surface area (Å²) < 4.78 is 0. The van der Waals surface area contributed by atoms with E-state index in [1.807, 2.05) is 43.1 Å². The molecule has 0 aliphatic carbocycles. The maximum atomic E-state index is 12.8. The molecule has 6 heteroatoms. The molecule has 2 saturated heterocycles. The van der Waals surface area contributed by atoms with Gasteiger partial charge in [0.15, 0.2) is 0 Å². The van der Waals surface area contributed by atoms with E-state index in [0.29, 0.717) is 18.1 Å². The summed E-state index contributed by atoms with van der Waals surface area (Å²) in [6, 6.07) is 9.17. The number of fused-ring (bicyclic) bond motifs is 2. The maximum absolute atomic E-state index is 12.8. The van der Waals surface area contributed by atoms with Crippen LogP contribution in [0, 0.1) is 0 Å². The molecule has 0 saturated carbocycles. The average molecular weight is 362 g/mol. The van der Waals surface area contributed by atoms with Gasteiger partial charge in [-0.05, 0) is 56.9 Å². The van der Waals surface area contributed by atoms with Gasteiger partial charge in [0.05, 0.1) is 5.25 Å². The third kappa shape index (κ3) is 4.55. The number of piperidine rings is 1. The molecule has 2 bridgehead atoms. The quantitative estimate of drug-likeness (QED) is 0.792. The van der Waals surface area contributed by atoms with Crippen molar-refractivity contribution in [2.45, 2.75) is 67.8 Å². The van der Waals surface area contributed by atoms with Gasteiger partial charge in [-0.1, -0.05) is 0 Å². The number of rotatable bonds is 5. The van der Waals surface area contributed by atoms with Crippen LogP contribution in [0.15, 0.2) is 29.2 Å². The van der Waals surface area contributed by atoms with E-state index in [9.17, 15) is 9.59 Å². The summed E-state index contributed by atoms with van der Waals surface area (Å²) in [4.78, 5) is 26.9. The van der Waals surface area contributed by atoms with Crippen molar-refractivity contribution >= 4 is 29.3 Å². The molecule has 0 spiro atoms. The molecule has 136 valence electrons. The van der Waals surface area contributed by atoms with Crippen LogP contribution in [0.5, 0.6) is 0 Å². The molecule has 2 fully saturated rings. The number of hydrogen-bond donors (Lipinski definition) is 2. The van der Waals surface area contributed by atoms with Crippen LogP contribution >= 0.6 is 11.8 Å². The highest BCUT2D eigenvalue weighted by Gasteiger charge is 2.37. The molecule has 0 aromatic heterocycles. The van der Waals surface area contributed by atoms with Gasteiger partial charge in [-0.15, -0.1) is 11.8 Å². The van der Waals surface area contributed by atoms with E-state index in [1.165, 1.54) is 19.8 Å². The van der Waals surface area contributed by atoms with Crippen molar-refractivity contribution in [1.29, 1.82) is 0 Å². The number of carbonyl (C=O) groups excluding carboxylic acids is 2. The van der Waals surface area contributed by atoms with Crippen LogP contribution in [0.2, 0.25) is 0 Å². The summed E-state index contributed by atoms with van der Waals surface area (Å²) in [6.45, 7) is 3.47. The molecule has 2 heterocycles. The number of carbonyl (C=O) groups is 2. The monoisotopic (exact) mass is 361 g/mol. The number of anilines is 1. The van der Waals surface area contributed by atoms with Crippen molar-refractivity contribution in [2.75, 3.05) is 12.4 Å². The Bertz CT molecular complexity index is 622. The summed E-state index contributed by atoms with van der Waals surface area (Å²) in [7, 11) is 1.95. The molecule has 25 heavy (non-hydrogen) atoms. The van der Waals surface area contributed by atoms with Gasteiger partial charge in [-0.2, -0.15) is 0 Å². The smallest absolute Gasteiger partial charge is 0.235 e. The van der Waals surface area contributed by atoms with E-state index >= 15 is 0 Å². The molecular formula is C19H27N3O2S. The minimum atomic E-state index is -0.121. The van der Waals surface area contributed by atoms with Gasteiger partial charge < -0.3 is 15.5 Å². The van der Waals surface area contributed by atoms with Crippen LogP contribution in [0.25, 0.3) is 0 Å². The Labute approximate surface area is 153 Å². The van der Waals surface area contributed by atoms with Gasteiger partial charge >= 0.3 is 0 Å². The number of hydrogen-bond acceptors (Lipinski definition) is 4. The Morgan fingerprint density at radius 3 is 2.36 bits per heavy atom. The van der Waals surface area contributed by atoms with E-state index in [-0.39, 0.29) is 17.1 Å². The summed E-state index contributed by atoms with van der Waals surface area (Å²) in [6.07, 6.45) is 4.63. The van der Waals surface area contributed by atoms with E-state index < -0.39 is 0 Å². The zero-order valence-electron chi connectivity index (χ0n) is 15.1. The first-order valence-corrected chi connectivity index (χ1v) is 9.87.